The lowest BCUT2D eigenvalue weighted by Gasteiger charge is -2.34. The van der Waals surface area contributed by atoms with Gasteiger partial charge < -0.3 is 19.4 Å². The minimum atomic E-state index is -0.238. The molecular weight excluding hydrogens is 370 g/mol. The van der Waals surface area contributed by atoms with Crippen LogP contribution in [0.25, 0.3) is 6.08 Å². The van der Waals surface area contributed by atoms with Gasteiger partial charge in [0, 0.05) is 51.8 Å². The van der Waals surface area contributed by atoms with Gasteiger partial charge in [-0.15, -0.1) is 0 Å². The molecule has 1 aromatic heterocycles. The number of carbonyl (C=O) groups excluding carboxylic acids is 2. The Balaban J connectivity index is 1.27. The van der Waals surface area contributed by atoms with Gasteiger partial charge in [-0.05, 0) is 30.3 Å². The number of para-hydroxylation sites is 1. The van der Waals surface area contributed by atoms with Crippen molar-refractivity contribution in [2.45, 2.75) is 6.42 Å². The van der Waals surface area contributed by atoms with E-state index in [1.165, 1.54) is 6.08 Å². The summed E-state index contributed by atoms with van der Waals surface area (Å²) >= 11 is 0. The second-order valence-electron chi connectivity index (χ2n) is 6.77. The monoisotopic (exact) mass is 397 g/mol. The summed E-state index contributed by atoms with van der Waals surface area (Å²) in [5.74, 6) is 1.32. The van der Waals surface area contributed by atoms with Gasteiger partial charge >= 0.3 is 0 Å². The third kappa shape index (κ3) is 7.12. The molecule has 154 valence electrons. The lowest BCUT2D eigenvalue weighted by molar-refractivity contribution is -0.132. The molecular formula is C22H27N3O4. The highest BCUT2D eigenvalue weighted by atomic mass is 16.5. The van der Waals surface area contributed by atoms with Gasteiger partial charge in [-0.2, -0.15) is 0 Å². The molecule has 0 atom stereocenters. The van der Waals surface area contributed by atoms with Crippen LogP contribution >= 0.6 is 0 Å². The van der Waals surface area contributed by atoms with Gasteiger partial charge in [-0.25, -0.2) is 0 Å². The number of hydrogen-bond acceptors (Lipinski definition) is 5. The predicted octanol–water partition coefficient (Wildman–Crippen LogP) is 2.02. The van der Waals surface area contributed by atoms with Gasteiger partial charge in [0.1, 0.15) is 18.1 Å². The normalized spacial score (nSPS) is 14.8. The molecule has 0 spiro atoms. The number of rotatable bonds is 9. The highest BCUT2D eigenvalue weighted by Crippen LogP contribution is 2.09. The highest BCUT2D eigenvalue weighted by molar-refractivity contribution is 5.91. The van der Waals surface area contributed by atoms with E-state index in [4.69, 9.17) is 9.15 Å². The van der Waals surface area contributed by atoms with E-state index in [9.17, 15) is 9.59 Å². The van der Waals surface area contributed by atoms with Gasteiger partial charge in [0.15, 0.2) is 0 Å². The van der Waals surface area contributed by atoms with Crippen molar-refractivity contribution in [3.8, 4) is 5.75 Å². The van der Waals surface area contributed by atoms with Crippen LogP contribution in [-0.4, -0.2) is 67.5 Å². The van der Waals surface area contributed by atoms with Crippen molar-refractivity contribution in [2.24, 2.45) is 0 Å². The van der Waals surface area contributed by atoms with Gasteiger partial charge in [0.2, 0.25) is 11.8 Å². The van der Waals surface area contributed by atoms with E-state index in [0.717, 1.165) is 25.4 Å². The van der Waals surface area contributed by atoms with Crippen molar-refractivity contribution in [1.29, 1.82) is 0 Å². The average molecular weight is 397 g/mol. The largest absolute Gasteiger partial charge is 0.492 e. The van der Waals surface area contributed by atoms with Gasteiger partial charge in [0.05, 0.1) is 6.26 Å². The summed E-state index contributed by atoms with van der Waals surface area (Å²) in [4.78, 5) is 28.2. The zero-order valence-electron chi connectivity index (χ0n) is 16.5. The third-order valence-electron chi connectivity index (χ3n) is 4.72. The zero-order chi connectivity index (χ0) is 20.3. The highest BCUT2D eigenvalue weighted by Gasteiger charge is 2.20. The van der Waals surface area contributed by atoms with Crippen molar-refractivity contribution < 1.29 is 18.7 Å². The molecule has 0 saturated carbocycles. The Labute approximate surface area is 170 Å². The smallest absolute Gasteiger partial charge is 0.244 e. The molecule has 0 bridgehead atoms. The molecule has 0 radical (unpaired) electrons. The summed E-state index contributed by atoms with van der Waals surface area (Å²) in [5.41, 5.74) is 0. The molecule has 1 aromatic carbocycles. The first kappa shape index (κ1) is 20.7. The van der Waals surface area contributed by atoms with Gasteiger partial charge in [0.25, 0.3) is 0 Å². The van der Waals surface area contributed by atoms with E-state index in [2.05, 4.69) is 10.2 Å². The lowest BCUT2D eigenvalue weighted by atomic mass is 10.2. The number of ether oxygens (including phenoxy) is 1. The van der Waals surface area contributed by atoms with Crippen LogP contribution < -0.4 is 10.1 Å². The predicted molar refractivity (Wildman–Crippen MR) is 110 cm³/mol. The number of hydrogen-bond donors (Lipinski definition) is 1. The number of benzene rings is 1. The van der Waals surface area contributed by atoms with Crippen molar-refractivity contribution in [3.63, 3.8) is 0 Å². The summed E-state index contributed by atoms with van der Waals surface area (Å²) in [6.07, 6.45) is 4.85. The molecule has 1 N–H and O–H groups in total. The van der Waals surface area contributed by atoms with Crippen molar-refractivity contribution in [2.75, 3.05) is 45.9 Å². The Morgan fingerprint density at radius 1 is 1.07 bits per heavy atom. The summed E-state index contributed by atoms with van der Waals surface area (Å²) in [7, 11) is 0. The van der Waals surface area contributed by atoms with Crippen LogP contribution in [0.3, 0.4) is 0 Å². The zero-order valence-corrected chi connectivity index (χ0v) is 16.5. The van der Waals surface area contributed by atoms with E-state index >= 15 is 0 Å². The topological polar surface area (TPSA) is 75.0 Å². The van der Waals surface area contributed by atoms with Crippen LogP contribution in [0.2, 0.25) is 0 Å². The van der Waals surface area contributed by atoms with E-state index in [0.29, 0.717) is 38.4 Å². The molecule has 1 aliphatic heterocycles. The molecule has 1 saturated heterocycles. The standard InChI is InChI=1S/C22H27N3O4/c26-21(9-8-20-7-4-17-28-20)23-11-10-22(27)25-14-12-24(13-15-25)16-18-29-19-5-2-1-3-6-19/h1-9,17H,10-16,18H2,(H,23,26). The lowest BCUT2D eigenvalue weighted by Crippen LogP contribution is -2.50. The molecule has 2 amide bonds. The van der Waals surface area contributed by atoms with E-state index in [-0.39, 0.29) is 11.8 Å². The fourth-order valence-corrected chi connectivity index (χ4v) is 3.08. The Morgan fingerprint density at radius 3 is 2.59 bits per heavy atom. The number of furan rings is 1. The minimum absolute atomic E-state index is 0.0699. The Hall–Kier alpha value is -3.06. The van der Waals surface area contributed by atoms with E-state index in [1.54, 1.807) is 24.5 Å². The molecule has 0 unspecified atom stereocenters. The van der Waals surface area contributed by atoms with Crippen LogP contribution in [0, 0.1) is 0 Å². The van der Waals surface area contributed by atoms with Crippen LogP contribution in [-0.2, 0) is 9.59 Å². The van der Waals surface area contributed by atoms with E-state index < -0.39 is 0 Å². The van der Waals surface area contributed by atoms with Gasteiger partial charge in [-0.1, -0.05) is 18.2 Å². The van der Waals surface area contributed by atoms with E-state index in [1.807, 2.05) is 35.2 Å². The molecule has 29 heavy (non-hydrogen) atoms. The maximum atomic E-state index is 12.3. The quantitative estimate of drug-likeness (QED) is 0.656. The first-order valence-corrected chi connectivity index (χ1v) is 9.88. The van der Waals surface area contributed by atoms with Crippen LogP contribution in [0.1, 0.15) is 12.2 Å². The Bertz CT molecular complexity index is 782. The summed E-state index contributed by atoms with van der Waals surface area (Å²) in [5, 5.41) is 2.73. The fraction of sp³-hybridized carbons (Fsp3) is 0.364. The number of amides is 2. The minimum Gasteiger partial charge on any atom is -0.492 e. The first-order chi connectivity index (χ1) is 14.2. The van der Waals surface area contributed by atoms with Gasteiger partial charge in [-0.3, -0.25) is 14.5 Å². The second-order valence-corrected chi connectivity index (χ2v) is 6.77. The van der Waals surface area contributed by atoms with Crippen molar-refractivity contribution >= 4 is 17.9 Å². The number of nitrogens with zero attached hydrogens (tertiary/aromatic N) is 2. The van der Waals surface area contributed by atoms with Crippen LogP contribution in [0.4, 0.5) is 0 Å². The summed E-state index contributed by atoms with van der Waals surface area (Å²) in [6.45, 7) is 4.88. The Kier molecular flexibility index (Phi) is 7.89. The molecule has 2 heterocycles. The molecule has 1 fully saturated rings. The molecule has 2 aromatic rings. The number of nitrogens with one attached hydrogen (secondary N) is 1. The third-order valence-corrected chi connectivity index (χ3v) is 4.72. The molecule has 7 heteroatoms. The average Bonchev–Trinajstić information content (AvgIpc) is 3.27. The van der Waals surface area contributed by atoms with Crippen LogP contribution in [0.15, 0.2) is 59.2 Å². The summed E-state index contributed by atoms with van der Waals surface area (Å²) in [6, 6.07) is 13.3. The molecule has 1 aliphatic rings. The summed E-state index contributed by atoms with van der Waals surface area (Å²) < 4.78 is 10.9. The molecule has 7 nitrogen and oxygen atoms in total. The number of piperazine rings is 1. The van der Waals surface area contributed by atoms with Crippen molar-refractivity contribution in [1.82, 2.24) is 15.1 Å². The SMILES string of the molecule is O=C(C=Cc1ccco1)NCCC(=O)N1CCN(CCOc2ccccc2)CC1. The molecule has 0 aliphatic carbocycles. The fourth-order valence-electron chi connectivity index (χ4n) is 3.08. The maximum absolute atomic E-state index is 12.3. The van der Waals surface area contributed by atoms with Crippen molar-refractivity contribution in [3.05, 3.63) is 60.6 Å². The first-order valence-electron chi connectivity index (χ1n) is 9.88. The van der Waals surface area contributed by atoms with Crippen LogP contribution in [0.5, 0.6) is 5.75 Å². The maximum Gasteiger partial charge on any atom is 0.244 e. The molecule has 3 rings (SSSR count). The number of carbonyl (C=O) groups is 2. The second kappa shape index (κ2) is 11.1. The Morgan fingerprint density at radius 2 is 1.86 bits per heavy atom.